The molecule has 0 spiro atoms. The molecule has 1 heterocycles. The SMILES string of the molecule is C#CCn1c(=NC(=O)CN(C)S(C)(=O)=O)sc2cc(CC)ccc21. The fraction of sp³-hybridized carbons (Fsp3) is 0.375. The van der Waals surface area contributed by atoms with Gasteiger partial charge in [0.25, 0.3) is 5.91 Å². The zero-order valence-electron chi connectivity index (χ0n) is 13.8. The van der Waals surface area contributed by atoms with Crippen LogP contribution >= 0.6 is 11.3 Å². The number of nitrogens with zero attached hydrogens (tertiary/aromatic N) is 3. The Balaban J connectivity index is 2.48. The average Bonchev–Trinajstić information content (AvgIpc) is 2.83. The average molecular weight is 365 g/mol. The van der Waals surface area contributed by atoms with Crippen molar-refractivity contribution in [1.82, 2.24) is 8.87 Å². The van der Waals surface area contributed by atoms with Crippen LogP contribution in [0, 0.1) is 12.3 Å². The normalized spacial score (nSPS) is 12.7. The molecule has 0 aliphatic carbocycles. The third-order valence-corrected chi connectivity index (χ3v) is 5.85. The Labute approximate surface area is 145 Å². The number of sulfonamides is 1. The van der Waals surface area contributed by atoms with Gasteiger partial charge in [0.15, 0.2) is 4.80 Å². The highest BCUT2D eigenvalue weighted by atomic mass is 32.2. The van der Waals surface area contributed by atoms with Gasteiger partial charge in [0.2, 0.25) is 10.0 Å². The molecule has 0 fully saturated rings. The van der Waals surface area contributed by atoms with E-state index in [1.165, 1.54) is 23.9 Å². The van der Waals surface area contributed by atoms with E-state index in [0.29, 0.717) is 11.3 Å². The van der Waals surface area contributed by atoms with E-state index in [9.17, 15) is 13.2 Å². The number of aryl methyl sites for hydroxylation is 1. The maximum Gasteiger partial charge on any atom is 0.263 e. The van der Waals surface area contributed by atoms with Crippen molar-refractivity contribution >= 4 is 37.5 Å². The molecule has 0 bridgehead atoms. The molecule has 2 aromatic rings. The van der Waals surface area contributed by atoms with E-state index in [-0.39, 0.29) is 6.54 Å². The summed E-state index contributed by atoms with van der Waals surface area (Å²) in [5, 5.41) is 0. The highest BCUT2D eigenvalue weighted by Gasteiger charge is 2.15. The van der Waals surface area contributed by atoms with Crippen LogP contribution in [-0.2, 0) is 27.8 Å². The molecule has 0 saturated carbocycles. The van der Waals surface area contributed by atoms with Crippen LogP contribution in [-0.4, -0.2) is 43.0 Å². The number of terminal acetylenes is 1. The molecule has 2 rings (SSSR count). The number of amides is 1. The van der Waals surface area contributed by atoms with Crippen molar-refractivity contribution in [2.24, 2.45) is 4.99 Å². The lowest BCUT2D eigenvalue weighted by molar-refractivity contribution is -0.118. The summed E-state index contributed by atoms with van der Waals surface area (Å²) in [5.41, 5.74) is 2.10. The Morgan fingerprint density at radius 2 is 2.17 bits per heavy atom. The van der Waals surface area contributed by atoms with Gasteiger partial charge >= 0.3 is 0 Å². The number of hydrogen-bond acceptors (Lipinski definition) is 4. The van der Waals surface area contributed by atoms with Gasteiger partial charge in [0.05, 0.1) is 29.6 Å². The molecule has 0 saturated heterocycles. The summed E-state index contributed by atoms with van der Waals surface area (Å²) < 4.78 is 26.6. The van der Waals surface area contributed by atoms with E-state index < -0.39 is 15.9 Å². The Bertz CT molecular complexity index is 978. The van der Waals surface area contributed by atoms with Crippen LogP contribution in [0.2, 0.25) is 0 Å². The topological polar surface area (TPSA) is 71.7 Å². The molecule has 0 aliphatic heterocycles. The first kappa shape index (κ1) is 18.4. The molecule has 24 heavy (non-hydrogen) atoms. The number of likely N-dealkylation sites (N-methyl/N-ethyl adjacent to an activating group) is 1. The first-order valence-electron chi connectivity index (χ1n) is 7.31. The van der Waals surface area contributed by atoms with Gasteiger partial charge < -0.3 is 4.57 Å². The van der Waals surface area contributed by atoms with Crippen LogP contribution in [0.5, 0.6) is 0 Å². The predicted molar refractivity (Wildman–Crippen MR) is 96.1 cm³/mol. The number of aromatic nitrogens is 1. The number of hydrogen-bond donors (Lipinski definition) is 0. The van der Waals surface area contributed by atoms with E-state index in [0.717, 1.165) is 27.2 Å². The Morgan fingerprint density at radius 3 is 2.75 bits per heavy atom. The van der Waals surface area contributed by atoms with Crippen molar-refractivity contribution in [2.75, 3.05) is 19.8 Å². The van der Waals surface area contributed by atoms with Gasteiger partial charge in [-0.3, -0.25) is 4.79 Å². The highest BCUT2D eigenvalue weighted by Crippen LogP contribution is 2.19. The highest BCUT2D eigenvalue weighted by molar-refractivity contribution is 7.88. The molecular formula is C16H19N3O3S2. The second-order valence-corrected chi connectivity index (χ2v) is 8.45. The van der Waals surface area contributed by atoms with Crippen molar-refractivity contribution in [3.05, 3.63) is 28.6 Å². The summed E-state index contributed by atoms with van der Waals surface area (Å²) in [6.45, 7) is 2.06. The summed E-state index contributed by atoms with van der Waals surface area (Å²) in [7, 11) is -2.08. The Morgan fingerprint density at radius 1 is 1.46 bits per heavy atom. The molecule has 6 nitrogen and oxygen atoms in total. The largest absolute Gasteiger partial charge is 0.305 e. The van der Waals surface area contributed by atoms with Crippen molar-refractivity contribution in [2.45, 2.75) is 19.9 Å². The van der Waals surface area contributed by atoms with Crippen molar-refractivity contribution in [3.8, 4) is 12.3 Å². The lowest BCUT2D eigenvalue weighted by Gasteiger charge is -2.10. The fourth-order valence-electron chi connectivity index (χ4n) is 2.12. The zero-order chi connectivity index (χ0) is 17.9. The van der Waals surface area contributed by atoms with Gasteiger partial charge in [-0.15, -0.1) is 6.42 Å². The maximum absolute atomic E-state index is 12.1. The minimum absolute atomic E-state index is 0.291. The van der Waals surface area contributed by atoms with Gasteiger partial charge in [-0.2, -0.15) is 9.30 Å². The smallest absolute Gasteiger partial charge is 0.263 e. The van der Waals surface area contributed by atoms with Crippen molar-refractivity contribution < 1.29 is 13.2 Å². The van der Waals surface area contributed by atoms with Gasteiger partial charge in [-0.05, 0) is 24.1 Å². The van der Waals surface area contributed by atoms with Gasteiger partial charge in [-0.25, -0.2) is 8.42 Å². The zero-order valence-corrected chi connectivity index (χ0v) is 15.4. The minimum Gasteiger partial charge on any atom is -0.305 e. The third kappa shape index (κ3) is 4.12. The van der Waals surface area contributed by atoms with Gasteiger partial charge in [0.1, 0.15) is 0 Å². The van der Waals surface area contributed by atoms with Crippen LogP contribution in [0.1, 0.15) is 12.5 Å². The molecule has 1 aromatic heterocycles. The van der Waals surface area contributed by atoms with E-state index in [4.69, 9.17) is 6.42 Å². The standard InChI is InChI=1S/C16H19N3O3S2/c1-5-9-19-13-8-7-12(6-2)10-14(13)23-16(19)17-15(20)11-18(3)24(4,21)22/h1,7-8,10H,6,9,11H2,2-4H3. The van der Waals surface area contributed by atoms with Crippen LogP contribution in [0.25, 0.3) is 10.2 Å². The third-order valence-electron chi connectivity index (χ3n) is 3.55. The summed E-state index contributed by atoms with van der Waals surface area (Å²) in [5.74, 6) is 2.03. The first-order valence-corrected chi connectivity index (χ1v) is 9.97. The molecule has 0 aliphatic rings. The predicted octanol–water partition coefficient (Wildman–Crippen LogP) is 1.22. The van der Waals surface area contributed by atoms with Crippen molar-refractivity contribution in [1.29, 1.82) is 0 Å². The number of fused-ring (bicyclic) bond motifs is 1. The quantitative estimate of drug-likeness (QED) is 0.748. The Kier molecular flexibility index (Phi) is 5.59. The number of carbonyl (C=O) groups excluding carboxylic acids is 1. The molecule has 1 aromatic carbocycles. The molecule has 128 valence electrons. The van der Waals surface area contributed by atoms with Crippen LogP contribution in [0.3, 0.4) is 0 Å². The van der Waals surface area contributed by atoms with Crippen LogP contribution in [0.4, 0.5) is 0 Å². The second kappa shape index (κ2) is 7.30. The molecule has 0 atom stereocenters. The van der Waals surface area contributed by atoms with E-state index >= 15 is 0 Å². The number of benzene rings is 1. The number of thiazole rings is 1. The number of rotatable bonds is 5. The molecular weight excluding hydrogens is 346 g/mol. The number of carbonyl (C=O) groups is 1. The van der Waals surface area contributed by atoms with E-state index in [1.54, 1.807) is 4.57 Å². The molecule has 1 amide bonds. The Hall–Kier alpha value is -1.95. The van der Waals surface area contributed by atoms with Crippen molar-refractivity contribution in [3.63, 3.8) is 0 Å². The first-order chi connectivity index (χ1) is 11.3. The van der Waals surface area contributed by atoms with Crippen LogP contribution < -0.4 is 4.80 Å². The van der Waals surface area contributed by atoms with E-state index in [2.05, 4.69) is 23.9 Å². The minimum atomic E-state index is -3.43. The second-order valence-electron chi connectivity index (χ2n) is 5.36. The maximum atomic E-state index is 12.1. The summed E-state index contributed by atoms with van der Waals surface area (Å²) in [6, 6.07) is 6.04. The van der Waals surface area contributed by atoms with Gasteiger partial charge in [-0.1, -0.05) is 30.2 Å². The molecule has 0 radical (unpaired) electrons. The molecule has 8 heteroatoms. The lowest BCUT2D eigenvalue weighted by atomic mass is 10.2. The lowest BCUT2D eigenvalue weighted by Crippen LogP contribution is -2.31. The monoisotopic (exact) mass is 365 g/mol. The van der Waals surface area contributed by atoms with Gasteiger partial charge in [0, 0.05) is 7.05 Å². The summed E-state index contributed by atoms with van der Waals surface area (Å²) in [4.78, 5) is 16.6. The summed E-state index contributed by atoms with van der Waals surface area (Å²) in [6.07, 6.45) is 7.38. The van der Waals surface area contributed by atoms with E-state index in [1.807, 2.05) is 12.1 Å². The summed E-state index contributed by atoms with van der Waals surface area (Å²) >= 11 is 1.37. The molecule has 0 unspecified atom stereocenters. The molecule has 0 N–H and O–H groups in total. The van der Waals surface area contributed by atoms with Crippen LogP contribution in [0.15, 0.2) is 23.2 Å². The fourth-order valence-corrected chi connectivity index (χ4v) is 3.57.